The van der Waals surface area contributed by atoms with Gasteiger partial charge in [0, 0.05) is 5.20 Å². The van der Waals surface area contributed by atoms with Gasteiger partial charge in [0.05, 0.1) is 0 Å². The summed E-state index contributed by atoms with van der Waals surface area (Å²) in [6.07, 6.45) is 1.85. The van der Waals surface area contributed by atoms with Crippen LogP contribution in [0.3, 0.4) is 0 Å². The quantitative estimate of drug-likeness (QED) is 0.655. The highest BCUT2D eigenvalue weighted by atomic mass is 28.4. The van der Waals surface area contributed by atoms with Crippen LogP contribution in [0, 0.1) is 0 Å². The SMILES string of the molecule is C[Si](O)(O)C(=Cc1ccccc1)c1ccccc1. The zero-order chi connectivity index (χ0) is 13.0. The van der Waals surface area contributed by atoms with Gasteiger partial charge in [-0.2, -0.15) is 0 Å². The summed E-state index contributed by atoms with van der Waals surface area (Å²) in [5, 5.41) is 0.620. The lowest BCUT2D eigenvalue weighted by Gasteiger charge is -2.17. The molecular weight excluding hydrogens is 240 g/mol. The third-order valence-corrected chi connectivity index (χ3v) is 4.16. The summed E-state index contributed by atoms with van der Waals surface area (Å²) in [6.45, 7) is 1.51. The molecule has 0 aromatic heterocycles. The minimum Gasteiger partial charge on any atom is -0.408 e. The van der Waals surface area contributed by atoms with E-state index in [1.54, 1.807) is 0 Å². The van der Waals surface area contributed by atoms with Gasteiger partial charge in [0.25, 0.3) is 0 Å². The zero-order valence-corrected chi connectivity index (χ0v) is 11.2. The molecule has 2 aromatic rings. The molecule has 0 amide bonds. The summed E-state index contributed by atoms with van der Waals surface area (Å²) in [5.41, 5.74) is 1.83. The molecule has 0 saturated carbocycles. The average Bonchev–Trinajstić information content (AvgIpc) is 2.37. The third kappa shape index (κ3) is 3.17. The van der Waals surface area contributed by atoms with Gasteiger partial charge in [-0.15, -0.1) is 0 Å². The fourth-order valence-corrected chi connectivity index (χ4v) is 2.98. The molecule has 0 heterocycles. The maximum Gasteiger partial charge on any atom is 0.364 e. The highest BCUT2D eigenvalue weighted by molar-refractivity contribution is 6.84. The van der Waals surface area contributed by atoms with Crippen molar-refractivity contribution in [2.75, 3.05) is 0 Å². The molecule has 0 spiro atoms. The van der Waals surface area contributed by atoms with Gasteiger partial charge < -0.3 is 9.59 Å². The molecule has 3 heteroatoms. The fraction of sp³-hybridized carbons (Fsp3) is 0.0667. The van der Waals surface area contributed by atoms with Crippen LogP contribution in [-0.4, -0.2) is 18.2 Å². The van der Waals surface area contributed by atoms with Crippen LogP contribution in [0.4, 0.5) is 0 Å². The van der Waals surface area contributed by atoms with Crippen LogP contribution in [0.15, 0.2) is 60.7 Å². The van der Waals surface area contributed by atoms with Crippen molar-refractivity contribution in [1.82, 2.24) is 0 Å². The van der Waals surface area contributed by atoms with Crippen LogP contribution in [0.5, 0.6) is 0 Å². The van der Waals surface area contributed by atoms with Crippen LogP contribution >= 0.6 is 0 Å². The third-order valence-electron chi connectivity index (χ3n) is 2.71. The fourth-order valence-electron chi connectivity index (χ4n) is 1.83. The first-order valence-electron chi connectivity index (χ1n) is 5.85. The van der Waals surface area contributed by atoms with E-state index in [0.717, 1.165) is 11.1 Å². The summed E-state index contributed by atoms with van der Waals surface area (Å²) in [6, 6.07) is 19.2. The normalized spacial score (nSPS) is 12.5. The first kappa shape index (κ1) is 12.8. The van der Waals surface area contributed by atoms with Crippen LogP contribution in [0.2, 0.25) is 6.55 Å². The van der Waals surface area contributed by atoms with Crippen molar-refractivity contribution in [3.8, 4) is 0 Å². The molecule has 2 aromatic carbocycles. The molecule has 0 aliphatic heterocycles. The predicted molar refractivity (Wildman–Crippen MR) is 76.8 cm³/mol. The molecule has 18 heavy (non-hydrogen) atoms. The zero-order valence-electron chi connectivity index (χ0n) is 10.2. The molecule has 2 rings (SSSR count). The largest absolute Gasteiger partial charge is 0.408 e. The lowest BCUT2D eigenvalue weighted by atomic mass is 10.1. The Morgan fingerprint density at radius 3 is 1.89 bits per heavy atom. The Labute approximate surface area is 108 Å². The van der Waals surface area contributed by atoms with Crippen LogP contribution < -0.4 is 0 Å². The molecule has 0 radical (unpaired) electrons. The number of benzene rings is 2. The molecule has 0 saturated heterocycles. The minimum absolute atomic E-state index is 0.620. The van der Waals surface area contributed by atoms with Crippen molar-refractivity contribution < 1.29 is 9.59 Å². The van der Waals surface area contributed by atoms with Crippen LogP contribution in [0.1, 0.15) is 11.1 Å². The van der Waals surface area contributed by atoms with E-state index in [4.69, 9.17) is 0 Å². The van der Waals surface area contributed by atoms with E-state index < -0.39 is 8.56 Å². The van der Waals surface area contributed by atoms with E-state index >= 15 is 0 Å². The van der Waals surface area contributed by atoms with E-state index in [9.17, 15) is 9.59 Å². The predicted octanol–water partition coefficient (Wildman–Crippen LogP) is 2.82. The highest BCUT2D eigenvalue weighted by Gasteiger charge is 2.28. The van der Waals surface area contributed by atoms with Crippen molar-refractivity contribution in [3.05, 3.63) is 71.8 Å². The first-order valence-corrected chi connectivity index (χ1v) is 8.24. The Bertz CT molecular complexity index is 527. The smallest absolute Gasteiger partial charge is 0.364 e. The van der Waals surface area contributed by atoms with Gasteiger partial charge >= 0.3 is 8.56 Å². The van der Waals surface area contributed by atoms with Crippen molar-refractivity contribution >= 4 is 19.8 Å². The van der Waals surface area contributed by atoms with Crippen molar-refractivity contribution in [2.24, 2.45) is 0 Å². The average molecular weight is 256 g/mol. The molecule has 2 N–H and O–H groups in total. The topological polar surface area (TPSA) is 40.5 Å². The van der Waals surface area contributed by atoms with Crippen LogP contribution in [-0.2, 0) is 0 Å². The molecule has 92 valence electrons. The van der Waals surface area contributed by atoms with E-state index in [1.807, 2.05) is 66.7 Å². The molecule has 0 bridgehead atoms. The van der Waals surface area contributed by atoms with Crippen molar-refractivity contribution in [1.29, 1.82) is 0 Å². The van der Waals surface area contributed by atoms with Crippen LogP contribution in [0.25, 0.3) is 11.3 Å². The van der Waals surface area contributed by atoms with E-state index in [0.29, 0.717) is 5.20 Å². The van der Waals surface area contributed by atoms with E-state index in [-0.39, 0.29) is 0 Å². The van der Waals surface area contributed by atoms with Gasteiger partial charge in [0.2, 0.25) is 0 Å². The Kier molecular flexibility index (Phi) is 3.77. The molecular formula is C15H16O2Si. The highest BCUT2D eigenvalue weighted by Crippen LogP contribution is 2.24. The van der Waals surface area contributed by atoms with Gasteiger partial charge in [-0.3, -0.25) is 0 Å². The molecule has 0 aliphatic rings. The second-order valence-corrected chi connectivity index (χ2v) is 6.94. The summed E-state index contributed by atoms with van der Waals surface area (Å²) in [7, 11) is -3.35. The second kappa shape index (κ2) is 5.31. The monoisotopic (exact) mass is 256 g/mol. The standard InChI is InChI=1S/C15H16O2Si/c1-18(16,17)15(14-10-6-3-7-11-14)12-13-8-4-2-5-9-13/h2-12,16-17H,1H3. The number of hydrogen-bond donors (Lipinski definition) is 2. The van der Waals surface area contributed by atoms with E-state index in [2.05, 4.69) is 0 Å². The van der Waals surface area contributed by atoms with E-state index in [1.165, 1.54) is 6.55 Å². The minimum atomic E-state index is -3.35. The first-order chi connectivity index (χ1) is 8.57. The molecule has 0 aliphatic carbocycles. The number of hydrogen-bond acceptors (Lipinski definition) is 2. The summed E-state index contributed by atoms with van der Waals surface area (Å²) < 4.78 is 0. The Hall–Kier alpha value is -1.68. The summed E-state index contributed by atoms with van der Waals surface area (Å²) >= 11 is 0. The van der Waals surface area contributed by atoms with Gasteiger partial charge in [-0.25, -0.2) is 0 Å². The summed E-state index contributed by atoms with van der Waals surface area (Å²) in [4.78, 5) is 20.0. The summed E-state index contributed by atoms with van der Waals surface area (Å²) in [5.74, 6) is 0. The Morgan fingerprint density at radius 1 is 0.889 bits per heavy atom. The molecule has 0 fully saturated rings. The molecule has 0 unspecified atom stereocenters. The maximum atomic E-state index is 10.0. The molecule has 2 nitrogen and oxygen atoms in total. The van der Waals surface area contributed by atoms with Gasteiger partial charge in [-0.1, -0.05) is 66.7 Å². The Balaban J connectivity index is 2.48. The molecule has 0 atom stereocenters. The lowest BCUT2D eigenvalue weighted by molar-refractivity contribution is 0.393. The van der Waals surface area contributed by atoms with Gasteiger partial charge in [0.15, 0.2) is 0 Å². The van der Waals surface area contributed by atoms with Gasteiger partial charge in [0.1, 0.15) is 0 Å². The van der Waals surface area contributed by atoms with Crippen molar-refractivity contribution in [3.63, 3.8) is 0 Å². The number of rotatable bonds is 3. The van der Waals surface area contributed by atoms with Gasteiger partial charge in [-0.05, 0) is 17.7 Å². The maximum absolute atomic E-state index is 10.0. The van der Waals surface area contributed by atoms with Crippen molar-refractivity contribution in [2.45, 2.75) is 6.55 Å². The lowest BCUT2D eigenvalue weighted by Crippen LogP contribution is -2.32. The second-order valence-electron chi connectivity index (χ2n) is 4.36. The Morgan fingerprint density at radius 2 is 1.39 bits per heavy atom.